The maximum atomic E-state index is 5.56. The summed E-state index contributed by atoms with van der Waals surface area (Å²) in [5.74, 6) is 0.868. The Balaban J connectivity index is 0.00000364. The van der Waals surface area contributed by atoms with E-state index in [0.29, 0.717) is 6.61 Å². The summed E-state index contributed by atoms with van der Waals surface area (Å²) in [5.41, 5.74) is 2.49. The fraction of sp³-hybridized carbons (Fsp3) is 0.667. The Morgan fingerprint density at radius 3 is 2.44 bits per heavy atom. The summed E-state index contributed by atoms with van der Waals surface area (Å²) >= 11 is 0. The van der Waals surface area contributed by atoms with Gasteiger partial charge in [0.1, 0.15) is 0 Å². The zero-order chi connectivity index (χ0) is 18.5. The summed E-state index contributed by atoms with van der Waals surface area (Å²) in [5, 5.41) is 6.86. The van der Waals surface area contributed by atoms with E-state index in [-0.39, 0.29) is 24.0 Å². The molecule has 6 heteroatoms. The summed E-state index contributed by atoms with van der Waals surface area (Å²) in [6, 6.07) is 8.41. The lowest BCUT2D eigenvalue weighted by molar-refractivity contribution is 0.133. The highest BCUT2D eigenvalue weighted by molar-refractivity contribution is 14.0. The molecule has 0 atom stereocenters. The number of benzene rings is 1. The number of hydrogen-bond donors (Lipinski definition) is 2. The maximum Gasteiger partial charge on any atom is 0.191 e. The number of aliphatic imine (C=N–C) groups is 1. The topological polar surface area (TPSA) is 48.9 Å². The number of nitrogens with zero attached hydrogens (tertiary/aromatic N) is 2. The Kier molecular flexibility index (Phi) is 13.5. The molecule has 1 aromatic carbocycles. The first-order valence-electron chi connectivity index (χ1n) is 10.1. The van der Waals surface area contributed by atoms with Crippen molar-refractivity contribution in [3.8, 4) is 0 Å². The van der Waals surface area contributed by atoms with Crippen LogP contribution >= 0.6 is 24.0 Å². The Morgan fingerprint density at radius 2 is 1.78 bits per heavy atom. The normalized spacial score (nSPS) is 15.7. The van der Waals surface area contributed by atoms with Crippen LogP contribution in [0.15, 0.2) is 29.3 Å². The van der Waals surface area contributed by atoms with Crippen molar-refractivity contribution >= 4 is 29.9 Å². The molecule has 27 heavy (non-hydrogen) atoms. The third-order valence-corrected chi connectivity index (χ3v) is 4.89. The molecule has 0 bridgehead atoms. The van der Waals surface area contributed by atoms with Crippen LogP contribution in [-0.4, -0.2) is 50.7 Å². The van der Waals surface area contributed by atoms with Crippen LogP contribution in [0.5, 0.6) is 0 Å². The van der Waals surface area contributed by atoms with Gasteiger partial charge in [0.25, 0.3) is 0 Å². The Hall–Kier alpha value is -0.860. The van der Waals surface area contributed by atoms with Crippen molar-refractivity contribution in [1.82, 2.24) is 15.5 Å². The Bertz CT molecular complexity index is 531. The molecule has 1 saturated heterocycles. The van der Waals surface area contributed by atoms with Gasteiger partial charge in [0.2, 0.25) is 0 Å². The monoisotopic (exact) mass is 488 g/mol. The molecule has 1 fully saturated rings. The molecule has 0 unspecified atom stereocenters. The van der Waals surface area contributed by atoms with Gasteiger partial charge in [-0.05, 0) is 56.9 Å². The van der Waals surface area contributed by atoms with Crippen LogP contribution in [0.3, 0.4) is 0 Å². The second-order valence-corrected chi connectivity index (χ2v) is 6.87. The lowest BCUT2D eigenvalue weighted by Crippen LogP contribution is -2.38. The summed E-state index contributed by atoms with van der Waals surface area (Å²) in [6.07, 6.45) is 6.67. The van der Waals surface area contributed by atoms with Crippen molar-refractivity contribution in [3.05, 3.63) is 35.4 Å². The van der Waals surface area contributed by atoms with E-state index in [1.807, 2.05) is 14.0 Å². The first-order valence-corrected chi connectivity index (χ1v) is 10.1. The van der Waals surface area contributed by atoms with E-state index in [4.69, 9.17) is 4.74 Å². The van der Waals surface area contributed by atoms with Crippen molar-refractivity contribution in [2.45, 2.75) is 52.2 Å². The van der Waals surface area contributed by atoms with Gasteiger partial charge in [-0.15, -0.1) is 24.0 Å². The van der Waals surface area contributed by atoms with Crippen LogP contribution in [0.2, 0.25) is 0 Å². The Labute approximate surface area is 182 Å². The van der Waals surface area contributed by atoms with Crippen LogP contribution in [-0.2, 0) is 17.9 Å². The molecule has 1 heterocycles. The van der Waals surface area contributed by atoms with Crippen molar-refractivity contribution in [2.24, 2.45) is 4.99 Å². The predicted octanol–water partition coefficient (Wildman–Crippen LogP) is 3.77. The lowest BCUT2D eigenvalue weighted by Gasteiger charge is -2.20. The van der Waals surface area contributed by atoms with Gasteiger partial charge in [-0.1, -0.05) is 37.1 Å². The SMILES string of the molecule is CCOCc1ccccc1CNC(=NC)NCCCN1CCCCCC1.I. The van der Waals surface area contributed by atoms with E-state index >= 15 is 0 Å². The van der Waals surface area contributed by atoms with E-state index in [2.05, 4.69) is 44.8 Å². The van der Waals surface area contributed by atoms with Crippen molar-refractivity contribution in [1.29, 1.82) is 0 Å². The number of hydrogen-bond acceptors (Lipinski definition) is 3. The molecule has 0 aromatic heterocycles. The number of halogens is 1. The largest absolute Gasteiger partial charge is 0.377 e. The first-order chi connectivity index (χ1) is 12.8. The van der Waals surface area contributed by atoms with Gasteiger partial charge in [-0.3, -0.25) is 4.99 Å². The lowest BCUT2D eigenvalue weighted by atomic mass is 10.1. The molecule has 2 N–H and O–H groups in total. The highest BCUT2D eigenvalue weighted by Crippen LogP contribution is 2.10. The summed E-state index contributed by atoms with van der Waals surface area (Å²) < 4.78 is 5.56. The maximum absolute atomic E-state index is 5.56. The molecule has 1 aliphatic rings. The number of likely N-dealkylation sites (tertiary alicyclic amines) is 1. The molecular formula is C21H37IN4O. The van der Waals surface area contributed by atoms with Gasteiger partial charge in [-0.25, -0.2) is 0 Å². The molecule has 154 valence electrons. The van der Waals surface area contributed by atoms with Crippen LogP contribution in [0.1, 0.15) is 50.2 Å². The fourth-order valence-corrected chi connectivity index (χ4v) is 3.35. The van der Waals surface area contributed by atoms with Crippen molar-refractivity contribution in [3.63, 3.8) is 0 Å². The van der Waals surface area contributed by atoms with Crippen LogP contribution in [0, 0.1) is 0 Å². The summed E-state index contributed by atoms with van der Waals surface area (Å²) in [6.45, 7) is 8.86. The average molecular weight is 488 g/mol. The third-order valence-electron chi connectivity index (χ3n) is 4.89. The third kappa shape index (κ3) is 9.76. The zero-order valence-corrected chi connectivity index (χ0v) is 19.3. The minimum atomic E-state index is 0. The quantitative estimate of drug-likeness (QED) is 0.241. The number of guanidine groups is 1. The Morgan fingerprint density at radius 1 is 1.07 bits per heavy atom. The number of rotatable bonds is 9. The fourth-order valence-electron chi connectivity index (χ4n) is 3.35. The molecule has 1 aliphatic heterocycles. The van der Waals surface area contributed by atoms with Crippen LogP contribution in [0.4, 0.5) is 0 Å². The predicted molar refractivity (Wildman–Crippen MR) is 125 cm³/mol. The molecule has 2 rings (SSSR count). The number of ether oxygens (including phenoxy) is 1. The number of nitrogens with one attached hydrogen (secondary N) is 2. The molecule has 5 nitrogen and oxygen atoms in total. The van der Waals surface area contributed by atoms with E-state index in [0.717, 1.165) is 32.1 Å². The van der Waals surface area contributed by atoms with Crippen molar-refractivity contribution < 1.29 is 4.74 Å². The van der Waals surface area contributed by atoms with Crippen LogP contribution in [0.25, 0.3) is 0 Å². The molecule has 0 amide bonds. The minimum absolute atomic E-state index is 0. The minimum Gasteiger partial charge on any atom is -0.377 e. The van der Waals surface area contributed by atoms with Gasteiger partial charge in [0, 0.05) is 26.7 Å². The second kappa shape index (κ2) is 15.1. The highest BCUT2D eigenvalue weighted by Gasteiger charge is 2.08. The summed E-state index contributed by atoms with van der Waals surface area (Å²) in [4.78, 5) is 6.95. The first kappa shape index (κ1) is 24.2. The second-order valence-electron chi connectivity index (χ2n) is 6.87. The van der Waals surface area contributed by atoms with Crippen LogP contribution < -0.4 is 10.6 Å². The summed E-state index contributed by atoms with van der Waals surface area (Å²) in [7, 11) is 1.83. The molecule has 0 saturated carbocycles. The molecule has 1 aromatic rings. The highest BCUT2D eigenvalue weighted by atomic mass is 127. The molecule has 0 radical (unpaired) electrons. The van der Waals surface area contributed by atoms with E-state index in [1.54, 1.807) is 0 Å². The molecule has 0 spiro atoms. The van der Waals surface area contributed by atoms with Gasteiger partial charge in [-0.2, -0.15) is 0 Å². The van der Waals surface area contributed by atoms with E-state index in [9.17, 15) is 0 Å². The van der Waals surface area contributed by atoms with Gasteiger partial charge in [0.05, 0.1) is 6.61 Å². The average Bonchev–Trinajstić information content (AvgIpc) is 2.95. The van der Waals surface area contributed by atoms with Gasteiger partial charge in [0.15, 0.2) is 5.96 Å². The standard InChI is InChI=1S/C21H36N4O.HI/c1-3-26-18-20-12-7-6-11-19(20)17-24-21(22-2)23-13-10-16-25-14-8-4-5-9-15-25;/h6-7,11-12H,3-5,8-10,13-18H2,1-2H3,(H2,22,23,24);1H. The zero-order valence-electron chi connectivity index (χ0n) is 17.0. The molecular weight excluding hydrogens is 451 g/mol. The van der Waals surface area contributed by atoms with Gasteiger partial charge < -0.3 is 20.3 Å². The van der Waals surface area contributed by atoms with Crippen molar-refractivity contribution in [2.75, 3.05) is 39.8 Å². The molecule has 0 aliphatic carbocycles. The van der Waals surface area contributed by atoms with Gasteiger partial charge >= 0.3 is 0 Å². The smallest absolute Gasteiger partial charge is 0.191 e. The van der Waals surface area contributed by atoms with E-state index in [1.165, 1.54) is 56.4 Å². The van der Waals surface area contributed by atoms with E-state index < -0.39 is 0 Å².